The molecule has 0 bridgehead atoms. The first kappa shape index (κ1) is 15.6. The van der Waals surface area contributed by atoms with Crippen LogP contribution in [0.2, 0.25) is 0 Å². The van der Waals surface area contributed by atoms with Gasteiger partial charge in [-0.15, -0.1) is 11.8 Å². The van der Waals surface area contributed by atoms with E-state index in [2.05, 4.69) is 52.3 Å². The predicted molar refractivity (Wildman–Crippen MR) is 95.9 cm³/mol. The molecule has 4 heteroatoms. The molecule has 0 aliphatic carbocycles. The third-order valence-corrected chi connectivity index (χ3v) is 5.35. The van der Waals surface area contributed by atoms with Crippen LogP contribution in [-0.4, -0.2) is 23.1 Å². The zero-order valence-corrected chi connectivity index (χ0v) is 14.7. The number of thioether (sulfide) groups is 1. The van der Waals surface area contributed by atoms with Gasteiger partial charge in [-0.25, -0.2) is 0 Å². The molecule has 0 radical (unpaired) electrons. The molecule has 114 valence electrons. The number of benzene rings is 2. The molecule has 0 N–H and O–H groups in total. The predicted octanol–water partition coefficient (Wildman–Crippen LogP) is 4.27. The summed E-state index contributed by atoms with van der Waals surface area (Å²) >= 11 is 5.16. The van der Waals surface area contributed by atoms with Gasteiger partial charge in [0.2, 0.25) is 5.91 Å². The second-order valence-corrected chi connectivity index (χ2v) is 7.36. The van der Waals surface area contributed by atoms with Crippen LogP contribution in [0.25, 0.3) is 0 Å². The number of fused-ring (bicyclic) bond motifs is 1. The van der Waals surface area contributed by atoms with Gasteiger partial charge in [-0.1, -0.05) is 52.3 Å². The minimum Gasteiger partial charge on any atom is -0.337 e. The monoisotopic (exact) mass is 375 g/mol. The molecule has 1 aliphatic heterocycles. The lowest BCUT2D eigenvalue weighted by atomic mass is 10.00. The summed E-state index contributed by atoms with van der Waals surface area (Å²) in [5.41, 5.74) is 3.92. The van der Waals surface area contributed by atoms with Crippen molar-refractivity contribution in [1.82, 2.24) is 4.90 Å². The zero-order chi connectivity index (χ0) is 15.4. The number of hydrogen-bond donors (Lipinski definition) is 0. The minimum atomic E-state index is 0.245. The van der Waals surface area contributed by atoms with Crippen molar-refractivity contribution in [2.75, 3.05) is 12.3 Å². The van der Waals surface area contributed by atoms with E-state index >= 15 is 0 Å². The molecule has 3 rings (SSSR count). The first-order chi connectivity index (χ1) is 10.7. The third kappa shape index (κ3) is 3.93. The van der Waals surface area contributed by atoms with Gasteiger partial charge < -0.3 is 4.90 Å². The maximum Gasteiger partial charge on any atom is 0.232 e. The number of amides is 1. The first-order valence-electron chi connectivity index (χ1n) is 7.39. The van der Waals surface area contributed by atoms with E-state index in [1.54, 1.807) is 11.8 Å². The van der Waals surface area contributed by atoms with Crippen molar-refractivity contribution in [3.63, 3.8) is 0 Å². The van der Waals surface area contributed by atoms with E-state index < -0.39 is 0 Å². The van der Waals surface area contributed by atoms with Gasteiger partial charge in [0.1, 0.15) is 0 Å². The Morgan fingerprint density at radius 3 is 2.77 bits per heavy atom. The molecule has 0 fully saturated rings. The highest BCUT2D eigenvalue weighted by atomic mass is 79.9. The minimum absolute atomic E-state index is 0.245. The van der Waals surface area contributed by atoms with E-state index in [0.29, 0.717) is 5.75 Å². The summed E-state index contributed by atoms with van der Waals surface area (Å²) in [5, 5.41) is 0. The number of halogens is 1. The Labute approximate surface area is 144 Å². The van der Waals surface area contributed by atoms with Crippen LogP contribution in [-0.2, 0) is 23.5 Å². The van der Waals surface area contributed by atoms with Crippen LogP contribution in [0.3, 0.4) is 0 Å². The topological polar surface area (TPSA) is 20.3 Å². The molecule has 0 aromatic heterocycles. The van der Waals surface area contributed by atoms with Crippen LogP contribution in [0.15, 0.2) is 53.0 Å². The lowest BCUT2D eigenvalue weighted by Gasteiger charge is -2.28. The van der Waals surface area contributed by atoms with E-state index in [1.807, 2.05) is 17.0 Å². The van der Waals surface area contributed by atoms with Gasteiger partial charge >= 0.3 is 0 Å². The highest BCUT2D eigenvalue weighted by Gasteiger charge is 2.19. The maximum absolute atomic E-state index is 12.4. The fourth-order valence-electron chi connectivity index (χ4n) is 2.68. The molecule has 22 heavy (non-hydrogen) atoms. The van der Waals surface area contributed by atoms with Gasteiger partial charge in [-0.3, -0.25) is 4.79 Å². The second-order valence-electron chi connectivity index (χ2n) is 5.46. The molecule has 2 aromatic carbocycles. The Balaban J connectivity index is 1.51. The van der Waals surface area contributed by atoms with Crippen LogP contribution in [0.5, 0.6) is 0 Å². The number of carbonyl (C=O) groups excluding carboxylic acids is 1. The molecule has 0 saturated heterocycles. The highest BCUT2D eigenvalue weighted by Crippen LogP contribution is 2.21. The molecule has 1 amide bonds. The van der Waals surface area contributed by atoms with E-state index in [1.165, 1.54) is 16.7 Å². The first-order valence-corrected chi connectivity index (χ1v) is 9.34. The molecule has 1 aliphatic rings. The van der Waals surface area contributed by atoms with Crippen LogP contribution in [0.1, 0.15) is 16.7 Å². The van der Waals surface area contributed by atoms with Crippen molar-refractivity contribution in [2.24, 2.45) is 0 Å². The standard InChI is InChI=1S/C18H18BrNOS/c19-17-7-3-4-14(10-17)12-22-13-18(21)20-9-8-15-5-1-2-6-16(15)11-20/h1-7,10H,8-9,11-13H2. The zero-order valence-electron chi connectivity index (χ0n) is 12.3. The number of hydrogen-bond acceptors (Lipinski definition) is 2. The Morgan fingerprint density at radius 2 is 1.95 bits per heavy atom. The fraction of sp³-hybridized carbons (Fsp3) is 0.278. The SMILES string of the molecule is O=C(CSCc1cccc(Br)c1)N1CCc2ccccc2C1. The van der Waals surface area contributed by atoms with Crippen molar-refractivity contribution < 1.29 is 4.79 Å². The molecule has 0 spiro atoms. The maximum atomic E-state index is 12.4. The smallest absolute Gasteiger partial charge is 0.232 e. The normalized spacial score (nSPS) is 13.8. The van der Waals surface area contributed by atoms with Gasteiger partial charge in [0, 0.05) is 23.3 Å². The number of nitrogens with zero attached hydrogens (tertiary/aromatic N) is 1. The Hall–Kier alpha value is -1.26. The number of rotatable bonds is 4. The van der Waals surface area contributed by atoms with E-state index in [0.717, 1.165) is 29.7 Å². The molecular formula is C18H18BrNOS. The lowest BCUT2D eigenvalue weighted by molar-refractivity contribution is -0.129. The average molecular weight is 376 g/mol. The van der Waals surface area contributed by atoms with Crippen molar-refractivity contribution in [3.05, 3.63) is 69.7 Å². The molecule has 1 heterocycles. The Kier molecular flexibility index (Phi) is 5.21. The molecule has 2 aromatic rings. The lowest BCUT2D eigenvalue weighted by Crippen LogP contribution is -2.37. The molecule has 2 nitrogen and oxygen atoms in total. The quantitative estimate of drug-likeness (QED) is 0.795. The van der Waals surface area contributed by atoms with Gasteiger partial charge in [-0.05, 0) is 35.2 Å². The molecule has 0 unspecified atom stereocenters. The van der Waals surface area contributed by atoms with Crippen LogP contribution < -0.4 is 0 Å². The molecule has 0 saturated carbocycles. The summed E-state index contributed by atoms with van der Waals surface area (Å²) in [4.78, 5) is 14.3. The largest absolute Gasteiger partial charge is 0.337 e. The Morgan fingerprint density at radius 1 is 1.14 bits per heavy atom. The highest BCUT2D eigenvalue weighted by molar-refractivity contribution is 9.10. The summed E-state index contributed by atoms with van der Waals surface area (Å²) in [6.07, 6.45) is 0.970. The van der Waals surface area contributed by atoms with Gasteiger partial charge in [0.05, 0.1) is 5.75 Å². The Bertz CT molecular complexity index is 674. The van der Waals surface area contributed by atoms with Crippen molar-refractivity contribution in [2.45, 2.75) is 18.7 Å². The summed E-state index contributed by atoms with van der Waals surface area (Å²) in [7, 11) is 0. The molecular weight excluding hydrogens is 358 g/mol. The van der Waals surface area contributed by atoms with E-state index in [4.69, 9.17) is 0 Å². The third-order valence-electron chi connectivity index (χ3n) is 3.87. The van der Waals surface area contributed by atoms with Crippen LogP contribution in [0.4, 0.5) is 0 Å². The summed E-state index contributed by atoms with van der Waals surface area (Å²) in [6.45, 7) is 1.60. The van der Waals surface area contributed by atoms with Crippen molar-refractivity contribution in [3.8, 4) is 0 Å². The second kappa shape index (κ2) is 7.34. The van der Waals surface area contributed by atoms with Crippen molar-refractivity contribution >= 4 is 33.6 Å². The fourth-order valence-corrected chi connectivity index (χ4v) is 4.00. The van der Waals surface area contributed by atoms with Crippen LogP contribution >= 0.6 is 27.7 Å². The summed E-state index contributed by atoms with van der Waals surface area (Å²) in [6, 6.07) is 16.7. The van der Waals surface area contributed by atoms with Gasteiger partial charge in [0.15, 0.2) is 0 Å². The summed E-state index contributed by atoms with van der Waals surface area (Å²) < 4.78 is 1.09. The van der Waals surface area contributed by atoms with E-state index in [-0.39, 0.29) is 5.91 Å². The van der Waals surface area contributed by atoms with Gasteiger partial charge in [-0.2, -0.15) is 0 Å². The van der Waals surface area contributed by atoms with E-state index in [9.17, 15) is 4.79 Å². The van der Waals surface area contributed by atoms with Gasteiger partial charge in [0.25, 0.3) is 0 Å². The number of carbonyl (C=O) groups is 1. The van der Waals surface area contributed by atoms with Crippen LogP contribution in [0, 0.1) is 0 Å². The molecule has 0 atom stereocenters. The van der Waals surface area contributed by atoms with Crippen molar-refractivity contribution in [1.29, 1.82) is 0 Å². The summed E-state index contributed by atoms with van der Waals surface area (Å²) in [5.74, 6) is 1.67. The average Bonchev–Trinajstić information content (AvgIpc) is 2.54.